The van der Waals surface area contributed by atoms with Crippen molar-refractivity contribution < 1.29 is 0 Å². The van der Waals surface area contributed by atoms with Crippen molar-refractivity contribution in [2.24, 2.45) is 0 Å². The van der Waals surface area contributed by atoms with Gasteiger partial charge in [-0.25, -0.2) is 0 Å². The molecule has 0 fully saturated rings. The molecule has 0 N–H and O–H groups in total. The number of aromatic nitrogens is 2. The molecule has 4 heterocycles. The van der Waals surface area contributed by atoms with Gasteiger partial charge in [0.1, 0.15) is 13.3 Å². The third-order valence-electron chi connectivity index (χ3n) is 11.7. The Labute approximate surface area is 350 Å². The van der Waals surface area contributed by atoms with Crippen LogP contribution in [0.4, 0.5) is 45.5 Å². The molecular weight excluding hydrogens is 733 g/mol. The summed E-state index contributed by atoms with van der Waals surface area (Å²) in [6, 6.07) is 68.9. The Kier molecular flexibility index (Phi) is 8.86. The number of fused-ring (bicyclic) bond motifs is 2. The highest BCUT2D eigenvalue weighted by atomic mass is 15.4. The minimum atomic E-state index is 0.632. The van der Waals surface area contributed by atoms with E-state index in [9.17, 15) is 0 Å². The Bertz CT molecular complexity index is 2640. The van der Waals surface area contributed by atoms with Gasteiger partial charge >= 0.3 is 0 Å². The first-order chi connectivity index (χ1) is 29.8. The fourth-order valence-electron chi connectivity index (χ4n) is 8.89. The Morgan fingerprint density at radius 1 is 0.283 bits per heavy atom. The van der Waals surface area contributed by atoms with Gasteiger partial charge in [-0.1, -0.05) is 152 Å². The molecule has 286 valence electrons. The van der Waals surface area contributed by atoms with E-state index in [-0.39, 0.29) is 0 Å². The van der Waals surface area contributed by atoms with E-state index in [1.807, 2.05) is 24.8 Å². The van der Waals surface area contributed by atoms with Crippen LogP contribution < -0.4 is 19.6 Å². The lowest BCUT2D eigenvalue weighted by Crippen LogP contribution is -2.26. The van der Waals surface area contributed by atoms with E-state index in [0.717, 1.165) is 90.0 Å². The molecule has 0 radical (unpaired) electrons. The number of nitrogens with zero attached hydrogens (tertiary/aromatic N) is 6. The van der Waals surface area contributed by atoms with Gasteiger partial charge in [-0.15, -0.1) is 0 Å². The maximum Gasteiger partial charge on any atom is 0.100 e. The van der Waals surface area contributed by atoms with Crippen LogP contribution in [0.1, 0.15) is 0 Å². The van der Waals surface area contributed by atoms with E-state index >= 15 is 0 Å². The summed E-state index contributed by atoms with van der Waals surface area (Å²) in [5, 5.41) is 0. The molecule has 0 bridgehead atoms. The molecule has 9 aromatic rings. The van der Waals surface area contributed by atoms with E-state index < -0.39 is 0 Å². The van der Waals surface area contributed by atoms with E-state index in [1.165, 1.54) is 0 Å². The average Bonchev–Trinajstić information content (AvgIpc) is 3.92. The molecule has 0 spiro atoms. The Morgan fingerprint density at radius 2 is 0.567 bits per heavy atom. The number of hydrogen-bond donors (Lipinski definition) is 0. The lowest BCUT2D eigenvalue weighted by Gasteiger charge is -2.28. The SMILES string of the molecule is c1ccc(-c2cncc(-c3ccccc3)c2N2CN(c3cccc(N4CN(c5c(-c6ccccc6)cncc5-c5ccccc5)c5ccccc54)c3)c3ccccc32)cc1. The van der Waals surface area contributed by atoms with Gasteiger partial charge in [0.25, 0.3) is 0 Å². The van der Waals surface area contributed by atoms with Crippen LogP contribution in [-0.2, 0) is 0 Å². The summed E-state index contributed by atoms with van der Waals surface area (Å²) < 4.78 is 0. The highest BCUT2D eigenvalue weighted by Crippen LogP contribution is 2.52. The van der Waals surface area contributed by atoms with Crippen LogP contribution in [-0.4, -0.2) is 23.3 Å². The maximum atomic E-state index is 4.80. The third-order valence-corrected chi connectivity index (χ3v) is 11.7. The highest BCUT2D eigenvalue weighted by molar-refractivity contribution is 6.00. The molecule has 2 aliphatic rings. The summed E-state index contributed by atoms with van der Waals surface area (Å²) in [7, 11) is 0. The lowest BCUT2D eigenvalue weighted by molar-refractivity contribution is 0.977. The van der Waals surface area contributed by atoms with Crippen LogP contribution in [0.2, 0.25) is 0 Å². The van der Waals surface area contributed by atoms with Crippen molar-refractivity contribution in [3.8, 4) is 44.5 Å². The number of anilines is 8. The molecule has 0 saturated heterocycles. The number of rotatable bonds is 8. The largest absolute Gasteiger partial charge is 0.321 e. The second-order valence-electron chi connectivity index (χ2n) is 15.1. The molecule has 6 nitrogen and oxygen atoms in total. The van der Waals surface area contributed by atoms with Crippen LogP contribution in [0.15, 0.2) is 219 Å². The first-order valence-electron chi connectivity index (χ1n) is 20.4. The van der Waals surface area contributed by atoms with Crippen molar-refractivity contribution in [3.05, 3.63) is 219 Å². The van der Waals surface area contributed by atoms with Gasteiger partial charge < -0.3 is 19.6 Å². The van der Waals surface area contributed by atoms with Crippen molar-refractivity contribution >= 4 is 45.5 Å². The summed E-state index contributed by atoms with van der Waals surface area (Å²) in [6.45, 7) is 1.26. The predicted molar refractivity (Wildman–Crippen MR) is 248 cm³/mol. The van der Waals surface area contributed by atoms with Crippen molar-refractivity contribution in [2.75, 3.05) is 32.9 Å². The molecule has 11 rings (SSSR count). The van der Waals surface area contributed by atoms with Crippen LogP contribution in [0, 0.1) is 0 Å². The summed E-state index contributed by atoms with van der Waals surface area (Å²) in [5.74, 6) is 0. The van der Waals surface area contributed by atoms with Crippen molar-refractivity contribution in [3.63, 3.8) is 0 Å². The van der Waals surface area contributed by atoms with Gasteiger partial charge in [-0.3, -0.25) is 9.97 Å². The van der Waals surface area contributed by atoms with E-state index in [2.05, 4.69) is 214 Å². The summed E-state index contributed by atoms with van der Waals surface area (Å²) >= 11 is 0. The van der Waals surface area contributed by atoms with Gasteiger partial charge in [0, 0.05) is 58.4 Å². The van der Waals surface area contributed by atoms with Crippen molar-refractivity contribution in [1.82, 2.24) is 9.97 Å². The zero-order chi connectivity index (χ0) is 39.8. The molecule has 0 atom stereocenters. The van der Waals surface area contributed by atoms with Crippen molar-refractivity contribution in [2.45, 2.75) is 0 Å². The Balaban J connectivity index is 1.01. The monoisotopic (exact) mass is 772 g/mol. The van der Waals surface area contributed by atoms with Gasteiger partial charge in [0.15, 0.2) is 0 Å². The normalized spacial score (nSPS) is 13.1. The van der Waals surface area contributed by atoms with Crippen molar-refractivity contribution in [1.29, 1.82) is 0 Å². The van der Waals surface area contributed by atoms with Gasteiger partial charge in [0.2, 0.25) is 0 Å². The Hall–Kier alpha value is -7.96. The number of para-hydroxylation sites is 4. The smallest absolute Gasteiger partial charge is 0.100 e. The fraction of sp³-hybridized carbons (Fsp3) is 0.0370. The minimum absolute atomic E-state index is 0.632. The molecular formula is C54H40N6. The molecule has 7 aromatic carbocycles. The predicted octanol–water partition coefficient (Wildman–Crippen LogP) is 13.6. The molecule has 0 unspecified atom stereocenters. The van der Waals surface area contributed by atoms with Gasteiger partial charge in [-0.05, 0) is 64.7 Å². The standard InChI is InChI=1S/C54H40N6/c1-5-18-39(19-6-1)45-33-55-34-46(40-20-7-2-8-21-40)53(45)59-37-57(49-28-13-15-30-51(49)59)43-26-17-27-44(32-43)58-38-60(52-31-16-14-29-50(52)58)54-47(41-22-9-3-10-23-41)35-56-36-48(54)42-24-11-4-12-25-42/h1-36H,37-38H2. The molecule has 0 saturated carbocycles. The number of hydrogen-bond acceptors (Lipinski definition) is 6. The van der Waals surface area contributed by atoms with Crippen LogP contribution >= 0.6 is 0 Å². The van der Waals surface area contributed by atoms with E-state index in [0.29, 0.717) is 13.3 Å². The average molecular weight is 773 g/mol. The minimum Gasteiger partial charge on any atom is -0.321 e. The summed E-state index contributed by atoms with van der Waals surface area (Å²) in [5.41, 5.74) is 18.0. The molecule has 60 heavy (non-hydrogen) atoms. The molecule has 0 amide bonds. The number of benzene rings is 7. The molecule has 0 aliphatic carbocycles. The topological polar surface area (TPSA) is 38.7 Å². The van der Waals surface area contributed by atoms with Crippen LogP contribution in [0.25, 0.3) is 44.5 Å². The zero-order valence-electron chi connectivity index (χ0n) is 32.9. The third kappa shape index (κ3) is 6.14. The lowest BCUT2D eigenvalue weighted by atomic mass is 9.97. The second-order valence-corrected chi connectivity index (χ2v) is 15.1. The first-order valence-corrected chi connectivity index (χ1v) is 20.4. The summed E-state index contributed by atoms with van der Waals surface area (Å²) in [6.07, 6.45) is 8.03. The van der Waals surface area contributed by atoms with E-state index in [1.54, 1.807) is 0 Å². The van der Waals surface area contributed by atoms with E-state index in [4.69, 9.17) is 9.97 Å². The highest BCUT2D eigenvalue weighted by Gasteiger charge is 2.34. The molecule has 2 aromatic heterocycles. The van der Waals surface area contributed by atoms with Gasteiger partial charge in [-0.2, -0.15) is 0 Å². The second kappa shape index (κ2) is 15.1. The quantitative estimate of drug-likeness (QED) is 0.153. The Morgan fingerprint density at radius 3 is 0.883 bits per heavy atom. The maximum absolute atomic E-state index is 4.80. The van der Waals surface area contributed by atoms with Crippen LogP contribution in [0.5, 0.6) is 0 Å². The zero-order valence-corrected chi connectivity index (χ0v) is 32.9. The molecule has 6 heteroatoms. The van der Waals surface area contributed by atoms with Gasteiger partial charge in [0.05, 0.1) is 34.1 Å². The first kappa shape index (κ1) is 35.2. The summed E-state index contributed by atoms with van der Waals surface area (Å²) in [4.78, 5) is 19.4. The molecule has 2 aliphatic heterocycles. The fourth-order valence-corrected chi connectivity index (χ4v) is 8.89. The van der Waals surface area contributed by atoms with Crippen LogP contribution in [0.3, 0.4) is 0 Å². The number of pyridine rings is 2.